The summed E-state index contributed by atoms with van der Waals surface area (Å²) in [6.07, 6.45) is 0. The number of aromatic nitrogens is 1. The molecule has 1 heterocycles. The molecule has 1 rings (SSSR count). The van der Waals surface area contributed by atoms with E-state index in [1.165, 1.54) is 12.1 Å². The largest absolute Gasteiger partial charge is 0.477 e. The van der Waals surface area contributed by atoms with Gasteiger partial charge in [-0.3, -0.25) is 0 Å². The number of hydrogen-bond acceptors (Lipinski definition) is 4. The fourth-order valence-corrected chi connectivity index (χ4v) is 0.891. The van der Waals surface area contributed by atoms with E-state index in [0.29, 0.717) is 6.61 Å². The lowest BCUT2D eigenvalue weighted by Crippen LogP contribution is -2.04. The Bertz CT molecular complexity index is 396. The van der Waals surface area contributed by atoms with Crippen LogP contribution in [-0.2, 0) is 0 Å². The third-order valence-electron chi connectivity index (χ3n) is 1.48. The van der Waals surface area contributed by atoms with Crippen molar-refractivity contribution in [1.29, 1.82) is 5.26 Å². The third-order valence-corrected chi connectivity index (χ3v) is 1.48. The molecule has 0 radical (unpaired) electrons. The Morgan fingerprint density at radius 1 is 1.71 bits per heavy atom. The maximum Gasteiger partial charge on any atom is 0.354 e. The second kappa shape index (κ2) is 4.23. The second-order valence-electron chi connectivity index (χ2n) is 2.40. The Morgan fingerprint density at radius 2 is 2.43 bits per heavy atom. The first kappa shape index (κ1) is 9.99. The van der Waals surface area contributed by atoms with Crippen LogP contribution in [0.5, 0.6) is 5.88 Å². The Labute approximate surface area is 80.6 Å². The van der Waals surface area contributed by atoms with Crippen molar-refractivity contribution >= 4 is 5.97 Å². The van der Waals surface area contributed by atoms with Gasteiger partial charge in [0.1, 0.15) is 11.6 Å². The molecule has 0 saturated heterocycles. The lowest BCUT2D eigenvalue weighted by atomic mass is 10.2. The summed E-state index contributed by atoms with van der Waals surface area (Å²) in [5.74, 6) is -1.08. The Morgan fingerprint density at radius 3 is 2.93 bits per heavy atom. The summed E-state index contributed by atoms with van der Waals surface area (Å²) >= 11 is 0. The SMILES string of the molecule is CCOc1nc(C(=O)O)ccc1C#N. The minimum Gasteiger partial charge on any atom is -0.477 e. The van der Waals surface area contributed by atoms with Crippen LogP contribution in [0.2, 0.25) is 0 Å². The Hall–Kier alpha value is -2.09. The molecule has 0 fully saturated rings. The van der Waals surface area contributed by atoms with Crippen molar-refractivity contribution in [3.05, 3.63) is 23.4 Å². The molecule has 0 bridgehead atoms. The summed E-state index contributed by atoms with van der Waals surface area (Å²) in [5.41, 5.74) is 0.101. The Balaban J connectivity index is 3.15. The van der Waals surface area contributed by atoms with Crippen LogP contribution < -0.4 is 4.74 Å². The second-order valence-corrected chi connectivity index (χ2v) is 2.40. The number of hydrogen-bond donors (Lipinski definition) is 1. The molecule has 0 unspecified atom stereocenters. The molecule has 0 aliphatic carbocycles. The third kappa shape index (κ3) is 1.98. The summed E-state index contributed by atoms with van der Waals surface area (Å²) in [4.78, 5) is 14.2. The number of carbonyl (C=O) groups is 1. The van der Waals surface area contributed by atoms with E-state index in [0.717, 1.165) is 0 Å². The van der Waals surface area contributed by atoms with Crippen molar-refractivity contribution in [2.75, 3.05) is 6.61 Å². The van der Waals surface area contributed by atoms with Gasteiger partial charge in [0.05, 0.1) is 6.61 Å². The zero-order valence-electron chi connectivity index (χ0n) is 7.52. The highest BCUT2D eigenvalue weighted by molar-refractivity contribution is 5.85. The van der Waals surface area contributed by atoms with Gasteiger partial charge < -0.3 is 9.84 Å². The lowest BCUT2D eigenvalue weighted by molar-refractivity contribution is 0.0689. The van der Waals surface area contributed by atoms with Crippen molar-refractivity contribution < 1.29 is 14.6 Å². The maximum absolute atomic E-state index is 10.6. The van der Waals surface area contributed by atoms with Gasteiger partial charge in [0, 0.05) is 0 Å². The van der Waals surface area contributed by atoms with Crippen molar-refractivity contribution in [2.24, 2.45) is 0 Å². The van der Waals surface area contributed by atoms with Crippen LogP contribution in [-0.4, -0.2) is 22.7 Å². The number of rotatable bonds is 3. The summed E-state index contributed by atoms with van der Waals surface area (Å²) in [6, 6.07) is 4.51. The molecule has 1 aromatic heterocycles. The van der Waals surface area contributed by atoms with Crippen LogP contribution in [0.25, 0.3) is 0 Å². The monoisotopic (exact) mass is 192 g/mol. The predicted molar refractivity (Wildman–Crippen MR) is 47.1 cm³/mol. The van der Waals surface area contributed by atoms with E-state index in [4.69, 9.17) is 15.1 Å². The molecule has 0 aromatic carbocycles. The van der Waals surface area contributed by atoms with Crippen LogP contribution in [0.1, 0.15) is 23.0 Å². The fourth-order valence-electron chi connectivity index (χ4n) is 0.891. The van der Waals surface area contributed by atoms with Gasteiger partial charge in [-0.25, -0.2) is 9.78 Å². The summed E-state index contributed by atoms with van der Waals surface area (Å²) in [5, 5.41) is 17.3. The maximum atomic E-state index is 10.6. The van der Waals surface area contributed by atoms with Gasteiger partial charge in [0.15, 0.2) is 5.69 Å². The van der Waals surface area contributed by atoms with Crippen molar-refractivity contribution in [3.8, 4) is 11.9 Å². The van der Waals surface area contributed by atoms with E-state index in [1.54, 1.807) is 6.92 Å². The zero-order valence-corrected chi connectivity index (χ0v) is 7.52. The van der Waals surface area contributed by atoms with E-state index in [-0.39, 0.29) is 17.1 Å². The van der Waals surface area contributed by atoms with E-state index in [1.807, 2.05) is 6.07 Å². The van der Waals surface area contributed by atoms with Gasteiger partial charge in [-0.2, -0.15) is 5.26 Å². The highest BCUT2D eigenvalue weighted by Gasteiger charge is 2.10. The fraction of sp³-hybridized carbons (Fsp3) is 0.222. The lowest BCUT2D eigenvalue weighted by Gasteiger charge is -2.03. The van der Waals surface area contributed by atoms with Gasteiger partial charge in [0.25, 0.3) is 0 Å². The highest BCUT2D eigenvalue weighted by atomic mass is 16.5. The van der Waals surface area contributed by atoms with Gasteiger partial charge in [-0.05, 0) is 19.1 Å². The van der Waals surface area contributed by atoms with E-state index >= 15 is 0 Å². The van der Waals surface area contributed by atoms with Gasteiger partial charge in [-0.1, -0.05) is 0 Å². The summed E-state index contributed by atoms with van der Waals surface area (Å²) in [6.45, 7) is 2.07. The first-order valence-corrected chi connectivity index (χ1v) is 3.96. The molecule has 0 spiro atoms. The van der Waals surface area contributed by atoms with Crippen LogP contribution in [0.15, 0.2) is 12.1 Å². The predicted octanol–water partition coefficient (Wildman–Crippen LogP) is 1.05. The number of ether oxygens (including phenoxy) is 1. The number of carboxylic acids is 1. The molecule has 0 aliphatic heterocycles. The van der Waals surface area contributed by atoms with Gasteiger partial charge in [0.2, 0.25) is 5.88 Å². The van der Waals surface area contributed by atoms with Crippen molar-refractivity contribution in [1.82, 2.24) is 4.98 Å². The molecule has 14 heavy (non-hydrogen) atoms. The standard InChI is InChI=1S/C9H8N2O3/c1-2-14-8-6(5-10)3-4-7(11-8)9(12)13/h3-4H,2H2,1H3,(H,12,13). The van der Waals surface area contributed by atoms with Gasteiger partial charge >= 0.3 is 5.97 Å². The number of pyridine rings is 1. The number of nitrogens with zero attached hydrogens (tertiary/aromatic N) is 2. The molecule has 0 atom stereocenters. The average Bonchev–Trinajstić information content (AvgIpc) is 2.18. The molecule has 0 amide bonds. The number of carboxylic acid groups (broad SMARTS) is 1. The molecular weight excluding hydrogens is 184 g/mol. The molecule has 5 heteroatoms. The van der Waals surface area contributed by atoms with Crippen LogP contribution >= 0.6 is 0 Å². The molecule has 1 aromatic rings. The summed E-state index contributed by atoms with van der Waals surface area (Å²) in [7, 11) is 0. The molecule has 72 valence electrons. The van der Waals surface area contributed by atoms with E-state index in [2.05, 4.69) is 4.98 Å². The quantitative estimate of drug-likeness (QED) is 0.773. The van der Waals surface area contributed by atoms with Crippen LogP contribution in [0, 0.1) is 11.3 Å². The van der Waals surface area contributed by atoms with Gasteiger partial charge in [-0.15, -0.1) is 0 Å². The van der Waals surface area contributed by atoms with Crippen LogP contribution in [0.3, 0.4) is 0 Å². The van der Waals surface area contributed by atoms with E-state index in [9.17, 15) is 4.79 Å². The van der Waals surface area contributed by atoms with Crippen molar-refractivity contribution in [3.63, 3.8) is 0 Å². The molecule has 1 N–H and O–H groups in total. The first-order valence-electron chi connectivity index (χ1n) is 3.96. The molecular formula is C9H8N2O3. The Kier molecular flexibility index (Phi) is 3.02. The summed E-state index contributed by atoms with van der Waals surface area (Å²) < 4.78 is 5.02. The molecule has 5 nitrogen and oxygen atoms in total. The molecule has 0 saturated carbocycles. The normalized spacial score (nSPS) is 9.14. The minimum absolute atomic E-state index is 0.0647. The van der Waals surface area contributed by atoms with E-state index < -0.39 is 5.97 Å². The molecule has 0 aliphatic rings. The van der Waals surface area contributed by atoms with Crippen molar-refractivity contribution in [2.45, 2.75) is 6.92 Å². The zero-order chi connectivity index (χ0) is 10.6. The average molecular weight is 192 g/mol. The highest BCUT2D eigenvalue weighted by Crippen LogP contribution is 2.14. The topological polar surface area (TPSA) is 83.2 Å². The van der Waals surface area contributed by atoms with Crippen LogP contribution in [0.4, 0.5) is 0 Å². The first-order chi connectivity index (χ1) is 6.69. The number of nitriles is 1. The number of aromatic carboxylic acids is 1. The smallest absolute Gasteiger partial charge is 0.354 e. The minimum atomic E-state index is -1.14.